The molecule has 0 bridgehead atoms. The summed E-state index contributed by atoms with van der Waals surface area (Å²) in [6, 6.07) is 13.8. The van der Waals surface area contributed by atoms with Crippen LogP contribution in [-0.4, -0.2) is 31.8 Å². The molecule has 26 heavy (non-hydrogen) atoms. The summed E-state index contributed by atoms with van der Waals surface area (Å²) in [6.45, 7) is 3.96. The number of hydrogen-bond acceptors (Lipinski definition) is 5. The fourth-order valence-corrected chi connectivity index (χ4v) is 3.47. The molecule has 1 amide bonds. The van der Waals surface area contributed by atoms with Crippen molar-refractivity contribution in [2.45, 2.75) is 19.0 Å². The lowest BCUT2D eigenvalue weighted by Crippen LogP contribution is -2.16. The van der Waals surface area contributed by atoms with Crippen LogP contribution >= 0.6 is 11.8 Å². The first-order valence-corrected chi connectivity index (χ1v) is 9.20. The van der Waals surface area contributed by atoms with Gasteiger partial charge in [0.2, 0.25) is 11.1 Å². The molecule has 0 aliphatic rings. The highest BCUT2D eigenvalue weighted by Gasteiger charge is 2.12. The van der Waals surface area contributed by atoms with Crippen molar-refractivity contribution >= 4 is 45.4 Å². The monoisotopic (exact) mass is 363 g/mol. The van der Waals surface area contributed by atoms with E-state index in [1.165, 1.54) is 11.8 Å². The van der Waals surface area contributed by atoms with Gasteiger partial charge in [-0.3, -0.25) is 4.79 Å². The van der Waals surface area contributed by atoms with Crippen LogP contribution in [0, 0.1) is 13.8 Å². The molecule has 2 heterocycles. The van der Waals surface area contributed by atoms with Crippen molar-refractivity contribution in [1.82, 2.24) is 20.2 Å². The first-order chi connectivity index (χ1) is 12.6. The number of rotatable bonds is 4. The number of fused-ring (bicyclic) bond motifs is 3. The molecule has 0 fully saturated rings. The largest absolute Gasteiger partial charge is 0.338 e. The third-order valence-electron chi connectivity index (χ3n) is 4.18. The van der Waals surface area contributed by atoms with Crippen LogP contribution in [0.15, 0.2) is 47.6 Å². The normalized spacial score (nSPS) is 11.2. The second kappa shape index (κ2) is 6.76. The van der Waals surface area contributed by atoms with E-state index in [0.29, 0.717) is 10.8 Å². The first kappa shape index (κ1) is 16.5. The molecule has 7 heteroatoms. The average molecular weight is 363 g/mol. The Labute approximate surface area is 154 Å². The number of benzene rings is 2. The van der Waals surface area contributed by atoms with E-state index in [2.05, 4.69) is 25.5 Å². The number of nitrogens with zero attached hydrogens (tertiary/aromatic N) is 3. The molecule has 0 aliphatic carbocycles. The number of anilines is 1. The summed E-state index contributed by atoms with van der Waals surface area (Å²) in [6.07, 6.45) is 0. The minimum Gasteiger partial charge on any atom is -0.338 e. The summed E-state index contributed by atoms with van der Waals surface area (Å²) in [7, 11) is 0. The number of nitrogens with one attached hydrogen (secondary N) is 2. The number of aromatic amines is 1. The van der Waals surface area contributed by atoms with Gasteiger partial charge in [0.25, 0.3) is 0 Å². The summed E-state index contributed by atoms with van der Waals surface area (Å²) < 4.78 is 0. The van der Waals surface area contributed by atoms with Gasteiger partial charge in [0.15, 0.2) is 5.65 Å². The van der Waals surface area contributed by atoms with E-state index >= 15 is 0 Å². The smallest absolute Gasteiger partial charge is 0.234 e. The molecule has 2 aromatic heterocycles. The predicted octanol–water partition coefficient (Wildman–Crippen LogP) is 3.85. The second-order valence-corrected chi connectivity index (χ2v) is 7.01. The van der Waals surface area contributed by atoms with Crippen molar-refractivity contribution in [1.29, 1.82) is 0 Å². The highest BCUT2D eigenvalue weighted by Crippen LogP contribution is 2.24. The number of aryl methyl sites for hydroxylation is 2. The summed E-state index contributed by atoms with van der Waals surface area (Å²) in [5.74, 6) is 0.133. The molecule has 0 unspecified atom stereocenters. The summed E-state index contributed by atoms with van der Waals surface area (Å²) >= 11 is 1.27. The van der Waals surface area contributed by atoms with Gasteiger partial charge in [-0.05, 0) is 31.0 Å². The lowest BCUT2D eigenvalue weighted by Gasteiger charge is -2.10. The molecule has 0 atom stereocenters. The van der Waals surface area contributed by atoms with E-state index in [1.807, 2.05) is 56.3 Å². The van der Waals surface area contributed by atoms with E-state index in [0.717, 1.165) is 33.2 Å². The molecule has 4 rings (SSSR count). The van der Waals surface area contributed by atoms with Crippen molar-refractivity contribution in [2.75, 3.05) is 11.1 Å². The Morgan fingerprint density at radius 3 is 2.65 bits per heavy atom. The Balaban J connectivity index is 1.49. The molecule has 0 spiro atoms. The van der Waals surface area contributed by atoms with Crippen molar-refractivity contribution < 1.29 is 4.79 Å². The minimum absolute atomic E-state index is 0.0901. The molecule has 0 aliphatic heterocycles. The lowest BCUT2D eigenvalue weighted by atomic mass is 10.1. The van der Waals surface area contributed by atoms with Gasteiger partial charge in [-0.2, -0.15) is 0 Å². The van der Waals surface area contributed by atoms with E-state index < -0.39 is 0 Å². The molecule has 4 aromatic rings. The zero-order chi connectivity index (χ0) is 18.1. The third-order valence-corrected chi connectivity index (χ3v) is 5.02. The molecule has 2 N–H and O–H groups in total. The average Bonchev–Trinajstić information content (AvgIpc) is 3.01. The Morgan fingerprint density at radius 1 is 1.08 bits per heavy atom. The number of hydrogen-bond donors (Lipinski definition) is 2. The molecule has 0 saturated heterocycles. The van der Waals surface area contributed by atoms with Gasteiger partial charge in [-0.15, -0.1) is 10.2 Å². The standard InChI is InChI=1S/C19H17N5OS/c1-11-6-5-7-12(2)16(11)21-15(25)10-26-19-22-18-17(23-24-19)13-8-3-4-9-14(13)20-18/h3-9H,10H2,1-2H3,(H,21,25)(H,20,22,24). The number of carbonyl (C=O) groups excluding carboxylic acids is 1. The summed E-state index contributed by atoms with van der Waals surface area (Å²) in [5, 5.41) is 12.8. The summed E-state index contributed by atoms with van der Waals surface area (Å²) in [5.41, 5.74) is 5.34. The first-order valence-electron chi connectivity index (χ1n) is 8.22. The van der Waals surface area contributed by atoms with Gasteiger partial charge in [0, 0.05) is 16.6 Å². The van der Waals surface area contributed by atoms with E-state index in [4.69, 9.17) is 0 Å². The van der Waals surface area contributed by atoms with Crippen LogP contribution in [0.3, 0.4) is 0 Å². The fourth-order valence-electron chi connectivity index (χ4n) is 2.88. The second-order valence-electron chi connectivity index (χ2n) is 6.07. The SMILES string of the molecule is Cc1cccc(C)c1NC(=O)CSc1nnc2c(n1)[nH]c1ccccc12. The molecule has 0 radical (unpaired) electrons. The summed E-state index contributed by atoms with van der Waals surface area (Å²) in [4.78, 5) is 20.0. The molecule has 6 nitrogen and oxygen atoms in total. The highest BCUT2D eigenvalue weighted by molar-refractivity contribution is 7.99. The third kappa shape index (κ3) is 3.13. The van der Waals surface area contributed by atoms with Gasteiger partial charge >= 0.3 is 0 Å². The van der Waals surface area contributed by atoms with Gasteiger partial charge < -0.3 is 10.3 Å². The van der Waals surface area contributed by atoms with Gasteiger partial charge in [-0.25, -0.2) is 4.98 Å². The van der Waals surface area contributed by atoms with Crippen LogP contribution in [0.5, 0.6) is 0 Å². The van der Waals surface area contributed by atoms with Crippen LogP contribution in [0.1, 0.15) is 11.1 Å². The number of amides is 1. The van der Waals surface area contributed by atoms with Gasteiger partial charge in [0.05, 0.1) is 5.75 Å². The fraction of sp³-hybridized carbons (Fsp3) is 0.158. The van der Waals surface area contributed by atoms with Crippen LogP contribution in [-0.2, 0) is 4.79 Å². The number of carbonyl (C=O) groups is 1. The van der Waals surface area contributed by atoms with Crippen LogP contribution < -0.4 is 5.32 Å². The lowest BCUT2D eigenvalue weighted by molar-refractivity contribution is -0.113. The Hall–Kier alpha value is -2.93. The highest BCUT2D eigenvalue weighted by atomic mass is 32.2. The Kier molecular flexibility index (Phi) is 4.30. The molecular formula is C19H17N5OS. The van der Waals surface area contributed by atoms with E-state index in [9.17, 15) is 4.79 Å². The van der Waals surface area contributed by atoms with Gasteiger partial charge in [-0.1, -0.05) is 48.2 Å². The minimum atomic E-state index is -0.0901. The number of aromatic nitrogens is 4. The molecule has 130 valence electrons. The van der Waals surface area contributed by atoms with E-state index in [1.54, 1.807) is 0 Å². The van der Waals surface area contributed by atoms with Crippen LogP contribution in [0.4, 0.5) is 5.69 Å². The van der Waals surface area contributed by atoms with Crippen LogP contribution in [0.25, 0.3) is 22.1 Å². The van der Waals surface area contributed by atoms with Crippen molar-refractivity contribution in [2.24, 2.45) is 0 Å². The molecular weight excluding hydrogens is 346 g/mol. The Morgan fingerprint density at radius 2 is 1.85 bits per heavy atom. The molecule has 0 saturated carbocycles. The Bertz CT molecular complexity index is 1100. The number of para-hydroxylation sites is 2. The number of H-pyrrole nitrogens is 1. The van der Waals surface area contributed by atoms with Crippen molar-refractivity contribution in [3.05, 3.63) is 53.6 Å². The topological polar surface area (TPSA) is 83.6 Å². The van der Waals surface area contributed by atoms with Crippen molar-refractivity contribution in [3.63, 3.8) is 0 Å². The quantitative estimate of drug-likeness (QED) is 0.538. The zero-order valence-electron chi connectivity index (χ0n) is 14.4. The van der Waals surface area contributed by atoms with Crippen LogP contribution in [0.2, 0.25) is 0 Å². The maximum atomic E-state index is 12.3. The van der Waals surface area contributed by atoms with E-state index in [-0.39, 0.29) is 11.7 Å². The maximum absolute atomic E-state index is 12.3. The predicted molar refractivity (Wildman–Crippen MR) is 104 cm³/mol. The van der Waals surface area contributed by atoms with Gasteiger partial charge in [0.1, 0.15) is 5.52 Å². The number of thioether (sulfide) groups is 1. The zero-order valence-corrected chi connectivity index (χ0v) is 15.2. The van der Waals surface area contributed by atoms with Crippen molar-refractivity contribution in [3.8, 4) is 0 Å². The maximum Gasteiger partial charge on any atom is 0.234 e. The molecule has 2 aromatic carbocycles.